The summed E-state index contributed by atoms with van der Waals surface area (Å²) in [7, 11) is -1.54. The zero-order valence-corrected chi connectivity index (χ0v) is 11.8. The third-order valence-corrected chi connectivity index (χ3v) is 4.44. The molecule has 0 aliphatic heterocycles. The van der Waals surface area contributed by atoms with Gasteiger partial charge in [0.05, 0.1) is 12.0 Å². The third-order valence-electron chi connectivity index (χ3n) is 3.13. The molecule has 1 amide bonds. The smallest absolute Gasteiger partial charge is 0.265 e. The zero-order chi connectivity index (χ0) is 15.0. The maximum atomic E-state index is 13.3. The summed E-state index contributed by atoms with van der Waals surface area (Å²) in [5.41, 5.74) is -1.08. The number of sulfonamides is 1. The highest BCUT2D eigenvalue weighted by Crippen LogP contribution is 2.39. The van der Waals surface area contributed by atoms with Crippen LogP contribution in [0, 0.1) is 5.82 Å². The fraction of sp³-hybridized carbons (Fsp3) is 0.417. The molecular formula is C12H14FNO5S. The molecular weight excluding hydrogens is 289 g/mol. The molecule has 20 heavy (non-hydrogen) atoms. The van der Waals surface area contributed by atoms with Crippen molar-refractivity contribution in [3.63, 3.8) is 0 Å². The second-order valence-corrected chi connectivity index (χ2v) is 6.14. The first-order valence-electron chi connectivity index (χ1n) is 5.80. The molecule has 0 saturated heterocycles. The number of hydrogen-bond donors (Lipinski definition) is 1. The molecule has 0 spiro atoms. The minimum absolute atomic E-state index is 0.0469. The third kappa shape index (κ3) is 2.75. The Labute approximate surface area is 115 Å². The summed E-state index contributed by atoms with van der Waals surface area (Å²) in [5.74, 6) is -1.47. The van der Waals surface area contributed by atoms with E-state index in [2.05, 4.69) is 0 Å². The second kappa shape index (κ2) is 5.02. The number of carbonyl (C=O) groups is 1. The van der Waals surface area contributed by atoms with Gasteiger partial charge in [-0.15, -0.1) is 0 Å². The molecule has 1 aliphatic carbocycles. The molecule has 110 valence electrons. The monoisotopic (exact) mass is 303 g/mol. The van der Waals surface area contributed by atoms with Gasteiger partial charge in [-0.2, -0.15) is 0 Å². The lowest BCUT2D eigenvalue weighted by Crippen LogP contribution is -2.41. The number of amides is 1. The molecule has 1 fully saturated rings. The van der Waals surface area contributed by atoms with Crippen LogP contribution in [0.2, 0.25) is 0 Å². The van der Waals surface area contributed by atoms with Crippen molar-refractivity contribution in [3.05, 3.63) is 24.0 Å². The standard InChI is InChI=1S/C12H14FNO5S/c1-18-9-5-8(13)6-10(7-9)20(16,17)14-11(15)12(19-2)3-4-12/h5-7H,3-4H2,1-2H3,(H,14,15). The minimum Gasteiger partial charge on any atom is -0.497 e. The Bertz CT molecular complexity index is 639. The van der Waals surface area contributed by atoms with Crippen LogP contribution < -0.4 is 9.46 Å². The summed E-state index contributed by atoms with van der Waals surface area (Å²) in [5, 5.41) is 0. The zero-order valence-electron chi connectivity index (χ0n) is 11.0. The van der Waals surface area contributed by atoms with E-state index in [4.69, 9.17) is 9.47 Å². The maximum Gasteiger partial charge on any atom is 0.265 e. The lowest BCUT2D eigenvalue weighted by atomic mass is 10.3. The van der Waals surface area contributed by atoms with Gasteiger partial charge in [0.1, 0.15) is 17.2 Å². The molecule has 6 nitrogen and oxygen atoms in total. The SMILES string of the molecule is COc1cc(F)cc(S(=O)(=O)NC(=O)C2(OC)CC2)c1. The molecule has 0 heterocycles. The highest BCUT2D eigenvalue weighted by atomic mass is 32.2. The molecule has 0 unspecified atom stereocenters. The predicted octanol–water partition coefficient (Wildman–Crippen LogP) is 0.818. The van der Waals surface area contributed by atoms with Gasteiger partial charge in [-0.3, -0.25) is 4.79 Å². The first kappa shape index (κ1) is 14.7. The van der Waals surface area contributed by atoms with E-state index in [1.807, 2.05) is 4.72 Å². The average Bonchev–Trinajstić information content (AvgIpc) is 3.18. The Hall–Kier alpha value is -1.67. The van der Waals surface area contributed by atoms with Crippen molar-refractivity contribution < 1.29 is 27.1 Å². The molecule has 0 bridgehead atoms. The number of nitrogens with one attached hydrogen (secondary N) is 1. The van der Waals surface area contributed by atoms with Crippen LogP contribution in [0.5, 0.6) is 5.75 Å². The summed E-state index contributed by atoms with van der Waals surface area (Å²) in [6.07, 6.45) is 0.911. The number of hydrogen-bond acceptors (Lipinski definition) is 5. The molecule has 2 rings (SSSR count). The lowest BCUT2D eigenvalue weighted by molar-refractivity contribution is -0.131. The van der Waals surface area contributed by atoms with E-state index >= 15 is 0 Å². The highest BCUT2D eigenvalue weighted by molar-refractivity contribution is 7.90. The van der Waals surface area contributed by atoms with Crippen molar-refractivity contribution in [1.29, 1.82) is 0 Å². The van der Waals surface area contributed by atoms with Gasteiger partial charge < -0.3 is 9.47 Å². The normalized spacial score (nSPS) is 16.6. The van der Waals surface area contributed by atoms with Crippen molar-refractivity contribution in [1.82, 2.24) is 4.72 Å². The van der Waals surface area contributed by atoms with Crippen LogP contribution in [0.1, 0.15) is 12.8 Å². The van der Waals surface area contributed by atoms with Crippen LogP contribution in [0.3, 0.4) is 0 Å². The fourth-order valence-electron chi connectivity index (χ4n) is 1.72. The van der Waals surface area contributed by atoms with Crippen LogP contribution in [0.4, 0.5) is 4.39 Å². The van der Waals surface area contributed by atoms with Crippen molar-refractivity contribution in [2.75, 3.05) is 14.2 Å². The summed E-state index contributed by atoms with van der Waals surface area (Å²) < 4.78 is 49.1. The van der Waals surface area contributed by atoms with E-state index in [9.17, 15) is 17.6 Å². The lowest BCUT2D eigenvalue weighted by Gasteiger charge is -2.14. The number of ether oxygens (including phenoxy) is 2. The Morgan fingerprint density at radius 2 is 1.95 bits per heavy atom. The number of rotatable bonds is 5. The first-order valence-corrected chi connectivity index (χ1v) is 7.28. The van der Waals surface area contributed by atoms with Crippen LogP contribution in [-0.2, 0) is 19.6 Å². The Morgan fingerprint density at radius 3 is 2.45 bits per heavy atom. The van der Waals surface area contributed by atoms with E-state index in [0.29, 0.717) is 12.8 Å². The summed E-state index contributed by atoms with van der Waals surface area (Å²) >= 11 is 0. The van der Waals surface area contributed by atoms with E-state index in [0.717, 1.165) is 18.2 Å². The minimum atomic E-state index is -4.17. The number of halogens is 1. The van der Waals surface area contributed by atoms with Gasteiger partial charge in [0, 0.05) is 19.2 Å². The largest absolute Gasteiger partial charge is 0.497 e. The van der Waals surface area contributed by atoms with Gasteiger partial charge in [-0.1, -0.05) is 0 Å². The Kier molecular flexibility index (Phi) is 3.70. The van der Waals surface area contributed by atoms with Crippen LogP contribution in [0.25, 0.3) is 0 Å². The molecule has 1 N–H and O–H groups in total. The Balaban J connectivity index is 2.27. The van der Waals surface area contributed by atoms with E-state index in [1.165, 1.54) is 14.2 Å². The van der Waals surface area contributed by atoms with Gasteiger partial charge in [-0.25, -0.2) is 17.5 Å². The van der Waals surface area contributed by atoms with E-state index in [-0.39, 0.29) is 10.6 Å². The molecule has 0 aromatic heterocycles. The van der Waals surface area contributed by atoms with Crippen LogP contribution in [-0.4, -0.2) is 34.1 Å². The number of benzene rings is 1. The quantitative estimate of drug-likeness (QED) is 0.871. The molecule has 1 aromatic rings. The van der Waals surface area contributed by atoms with Gasteiger partial charge in [0.15, 0.2) is 0 Å². The molecule has 0 radical (unpaired) electrons. The van der Waals surface area contributed by atoms with Crippen LogP contribution in [0.15, 0.2) is 23.1 Å². The van der Waals surface area contributed by atoms with Crippen molar-refractivity contribution >= 4 is 15.9 Å². The summed E-state index contributed by atoms with van der Waals surface area (Å²) in [6, 6.07) is 2.98. The molecule has 8 heteroatoms. The maximum absolute atomic E-state index is 13.3. The summed E-state index contributed by atoms with van der Waals surface area (Å²) in [6.45, 7) is 0. The topological polar surface area (TPSA) is 81.7 Å². The van der Waals surface area contributed by atoms with Crippen molar-refractivity contribution in [2.24, 2.45) is 0 Å². The van der Waals surface area contributed by atoms with Gasteiger partial charge in [-0.05, 0) is 18.9 Å². The first-order chi connectivity index (χ1) is 9.33. The van der Waals surface area contributed by atoms with E-state index in [1.54, 1.807) is 0 Å². The van der Waals surface area contributed by atoms with E-state index < -0.39 is 27.3 Å². The van der Waals surface area contributed by atoms with Gasteiger partial charge >= 0.3 is 0 Å². The second-order valence-electron chi connectivity index (χ2n) is 4.46. The average molecular weight is 303 g/mol. The molecule has 0 atom stereocenters. The molecule has 1 aliphatic rings. The van der Waals surface area contributed by atoms with Gasteiger partial charge in [0.2, 0.25) is 0 Å². The summed E-state index contributed by atoms with van der Waals surface area (Å²) in [4.78, 5) is 11.5. The van der Waals surface area contributed by atoms with Gasteiger partial charge in [0.25, 0.3) is 15.9 Å². The molecule has 1 aromatic carbocycles. The fourth-order valence-corrected chi connectivity index (χ4v) is 2.81. The predicted molar refractivity (Wildman–Crippen MR) is 67.3 cm³/mol. The van der Waals surface area contributed by atoms with Crippen molar-refractivity contribution in [2.45, 2.75) is 23.3 Å². The number of methoxy groups -OCH3 is 2. The van der Waals surface area contributed by atoms with Crippen molar-refractivity contribution in [3.8, 4) is 5.75 Å². The number of carbonyl (C=O) groups excluding carboxylic acids is 1. The van der Waals surface area contributed by atoms with Crippen LogP contribution >= 0.6 is 0 Å². The molecule has 1 saturated carbocycles. The highest BCUT2D eigenvalue weighted by Gasteiger charge is 2.51. The Morgan fingerprint density at radius 1 is 1.30 bits per heavy atom.